The summed E-state index contributed by atoms with van der Waals surface area (Å²) in [6.45, 7) is 3.07. The van der Waals surface area contributed by atoms with Crippen molar-refractivity contribution in [3.05, 3.63) is 59.7 Å². The number of benzene rings is 2. The van der Waals surface area contributed by atoms with E-state index < -0.39 is 0 Å². The van der Waals surface area contributed by atoms with Gasteiger partial charge >= 0.3 is 5.97 Å². The number of hydrogen-bond acceptors (Lipinski definition) is 4. The second-order valence-electron chi connectivity index (χ2n) is 4.78. The van der Waals surface area contributed by atoms with Crippen LogP contribution in [0.4, 0.5) is 11.4 Å². The standard InChI is InChI=1S/C17H20N2O2/c1-2-10-21-17(20)14-8-9-16(15(18)11-14)19-12-13-6-4-3-5-7-13/h3-9,11,19H,2,10,12,18H2,1H3. The fraction of sp³-hybridized carbons (Fsp3) is 0.235. The van der Waals surface area contributed by atoms with Crippen molar-refractivity contribution in [1.82, 2.24) is 0 Å². The van der Waals surface area contributed by atoms with Crippen molar-refractivity contribution >= 4 is 17.3 Å². The summed E-state index contributed by atoms with van der Waals surface area (Å²) in [5.74, 6) is -0.335. The fourth-order valence-corrected chi connectivity index (χ4v) is 1.92. The summed E-state index contributed by atoms with van der Waals surface area (Å²) in [4.78, 5) is 11.7. The first kappa shape index (κ1) is 14.9. The molecule has 0 fully saturated rings. The van der Waals surface area contributed by atoms with Gasteiger partial charge in [0, 0.05) is 6.54 Å². The van der Waals surface area contributed by atoms with Crippen LogP contribution in [0.1, 0.15) is 29.3 Å². The number of carbonyl (C=O) groups excluding carboxylic acids is 1. The molecule has 0 heterocycles. The Morgan fingerprint density at radius 2 is 1.95 bits per heavy atom. The Kier molecular flexibility index (Phi) is 5.21. The van der Waals surface area contributed by atoms with Gasteiger partial charge in [0.25, 0.3) is 0 Å². The van der Waals surface area contributed by atoms with Gasteiger partial charge in [-0.1, -0.05) is 37.3 Å². The molecular formula is C17H20N2O2. The van der Waals surface area contributed by atoms with Gasteiger partial charge in [0.05, 0.1) is 23.5 Å². The lowest BCUT2D eigenvalue weighted by molar-refractivity contribution is 0.0505. The number of ether oxygens (including phenoxy) is 1. The first-order chi connectivity index (χ1) is 10.2. The molecule has 0 aromatic heterocycles. The van der Waals surface area contributed by atoms with Crippen LogP contribution in [-0.2, 0) is 11.3 Å². The molecule has 3 N–H and O–H groups in total. The SMILES string of the molecule is CCCOC(=O)c1ccc(NCc2ccccc2)c(N)c1. The molecule has 0 atom stereocenters. The molecule has 21 heavy (non-hydrogen) atoms. The predicted molar refractivity (Wildman–Crippen MR) is 85.2 cm³/mol. The fourth-order valence-electron chi connectivity index (χ4n) is 1.92. The van der Waals surface area contributed by atoms with Crippen LogP contribution in [0.3, 0.4) is 0 Å². The number of anilines is 2. The average molecular weight is 284 g/mol. The molecule has 0 saturated carbocycles. The van der Waals surface area contributed by atoms with Gasteiger partial charge in [-0.05, 0) is 30.2 Å². The molecule has 0 unspecified atom stereocenters. The Morgan fingerprint density at radius 1 is 1.19 bits per heavy atom. The van der Waals surface area contributed by atoms with Crippen LogP contribution in [0.25, 0.3) is 0 Å². The minimum Gasteiger partial charge on any atom is -0.462 e. The topological polar surface area (TPSA) is 64.3 Å². The van der Waals surface area contributed by atoms with Crippen LogP contribution in [0, 0.1) is 0 Å². The summed E-state index contributed by atoms with van der Waals surface area (Å²) in [5.41, 5.74) is 8.98. The molecule has 2 aromatic carbocycles. The molecule has 0 saturated heterocycles. The van der Waals surface area contributed by atoms with Crippen molar-refractivity contribution in [1.29, 1.82) is 0 Å². The maximum atomic E-state index is 11.7. The Balaban J connectivity index is 2.00. The lowest BCUT2D eigenvalue weighted by atomic mass is 10.1. The molecule has 0 bridgehead atoms. The first-order valence-electron chi connectivity index (χ1n) is 7.05. The Labute approximate surface area is 124 Å². The lowest BCUT2D eigenvalue weighted by Gasteiger charge is -2.11. The highest BCUT2D eigenvalue weighted by Gasteiger charge is 2.09. The normalized spacial score (nSPS) is 10.1. The summed E-state index contributed by atoms with van der Waals surface area (Å²) in [5, 5.41) is 3.26. The Morgan fingerprint density at radius 3 is 2.62 bits per heavy atom. The van der Waals surface area contributed by atoms with Crippen molar-refractivity contribution in [2.24, 2.45) is 0 Å². The number of esters is 1. The van der Waals surface area contributed by atoms with E-state index in [9.17, 15) is 4.79 Å². The van der Waals surface area contributed by atoms with Crippen molar-refractivity contribution in [2.75, 3.05) is 17.7 Å². The largest absolute Gasteiger partial charge is 0.462 e. The molecule has 2 rings (SSSR count). The predicted octanol–water partition coefficient (Wildman–Crippen LogP) is 3.45. The average Bonchev–Trinajstić information content (AvgIpc) is 2.52. The third-order valence-electron chi connectivity index (χ3n) is 3.05. The van der Waals surface area contributed by atoms with Gasteiger partial charge in [0.1, 0.15) is 0 Å². The quantitative estimate of drug-likeness (QED) is 0.630. The molecule has 0 radical (unpaired) electrons. The van der Waals surface area contributed by atoms with E-state index >= 15 is 0 Å². The summed E-state index contributed by atoms with van der Waals surface area (Å²) in [6, 6.07) is 15.2. The van der Waals surface area contributed by atoms with Crippen LogP contribution in [-0.4, -0.2) is 12.6 Å². The molecule has 0 amide bonds. The van der Waals surface area contributed by atoms with Gasteiger partial charge < -0.3 is 15.8 Å². The third-order valence-corrected chi connectivity index (χ3v) is 3.05. The maximum absolute atomic E-state index is 11.7. The molecule has 110 valence electrons. The van der Waals surface area contributed by atoms with Crippen LogP contribution in [0.2, 0.25) is 0 Å². The molecule has 0 aliphatic rings. The van der Waals surface area contributed by atoms with Crippen molar-refractivity contribution in [3.8, 4) is 0 Å². The van der Waals surface area contributed by atoms with E-state index in [1.54, 1.807) is 18.2 Å². The van der Waals surface area contributed by atoms with Crippen molar-refractivity contribution in [2.45, 2.75) is 19.9 Å². The van der Waals surface area contributed by atoms with E-state index in [1.165, 1.54) is 5.56 Å². The van der Waals surface area contributed by atoms with E-state index in [0.717, 1.165) is 12.1 Å². The van der Waals surface area contributed by atoms with Crippen LogP contribution in [0.5, 0.6) is 0 Å². The van der Waals surface area contributed by atoms with Gasteiger partial charge in [0.2, 0.25) is 0 Å². The first-order valence-corrected chi connectivity index (χ1v) is 7.05. The third kappa shape index (κ3) is 4.24. The number of hydrogen-bond donors (Lipinski definition) is 2. The zero-order valence-electron chi connectivity index (χ0n) is 12.1. The highest BCUT2D eigenvalue weighted by molar-refractivity contribution is 5.91. The maximum Gasteiger partial charge on any atom is 0.338 e. The number of nitrogens with one attached hydrogen (secondary N) is 1. The van der Waals surface area contributed by atoms with Crippen LogP contribution in [0.15, 0.2) is 48.5 Å². The Bertz CT molecular complexity index is 597. The van der Waals surface area contributed by atoms with E-state index in [2.05, 4.69) is 5.32 Å². The smallest absolute Gasteiger partial charge is 0.338 e. The molecule has 2 aromatic rings. The Hall–Kier alpha value is -2.49. The van der Waals surface area contributed by atoms with E-state index in [1.807, 2.05) is 37.3 Å². The molecule has 4 heteroatoms. The number of nitrogen functional groups attached to an aromatic ring is 1. The summed E-state index contributed by atoms with van der Waals surface area (Å²) >= 11 is 0. The van der Waals surface area contributed by atoms with Crippen LogP contribution < -0.4 is 11.1 Å². The molecule has 0 aliphatic carbocycles. The number of nitrogens with two attached hydrogens (primary N) is 1. The van der Waals surface area contributed by atoms with Gasteiger partial charge in [-0.3, -0.25) is 0 Å². The zero-order valence-corrected chi connectivity index (χ0v) is 12.1. The van der Waals surface area contributed by atoms with E-state index in [0.29, 0.717) is 24.4 Å². The van der Waals surface area contributed by atoms with Gasteiger partial charge in [-0.15, -0.1) is 0 Å². The number of rotatable bonds is 6. The highest BCUT2D eigenvalue weighted by Crippen LogP contribution is 2.21. The second-order valence-corrected chi connectivity index (χ2v) is 4.78. The summed E-state index contributed by atoms with van der Waals surface area (Å²) in [7, 11) is 0. The van der Waals surface area contributed by atoms with Crippen molar-refractivity contribution in [3.63, 3.8) is 0 Å². The lowest BCUT2D eigenvalue weighted by Crippen LogP contribution is -2.08. The minimum absolute atomic E-state index is 0.335. The monoisotopic (exact) mass is 284 g/mol. The molecular weight excluding hydrogens is 264 g/mol. The highest BCUT2D eigenvalue weighted by atomic mass is 16.5. The van der Waals surface area contributed by atoms with Crippen LogP contribution >= 0.6 is 0 Å². The van der Waals surface area contributed by atoms with E-state index in [4.69, 9.17) is 10.5 Å². The summed E-state index contributed by atoms with van der Waals surface area (Å²) in [6.07, 6.45) is 0.804. The van der Waals surface area contributed by atoms with Crippen molar-refractivity contribution < 1.29 is 9.53 Å². The molecule has 0 aliphatic heterocycles. The minimum atomic E-state index is -0.335. The molecule has 0 spiro atoms. The van der Waals surface area contributed by atoms with E-state index in [-0.39, 0.29) is 5.97 Å². The number of carbonyl (C=O) groups is 1. The van der Waals surface area contributed by atoms with Gasteiger partial charge in [-0.2, -0.15) is 0 Å². The zero-order chi connectivity index (χ0) is 15.1. The summed E-state index contributed by atoms with van der Waals surface area (Å²) < 4.78 is 5.09. The van der Waals surface area contributed by atoms with Gasteiger partial charge in [0.15, 0.2) is 0 Å². The van der Waals surface area contributed by atoms with Gasteiger partial charge in [-0.25, -0.2) is 4.79 Å². The second kappa shape index (κ2) is 7.33. The molecule has 4 nitrogen and oxygen atoms in total.